The average molecular weight is 559 g/mol. The van der Waals surface area contributed by atoms with Gasteiger partial charge in [-0.25, -0.2) is 15.0 Å². The molecule has 0 aliphatic carbocycles. The van der Waals surface area contributed by atoms with Gasteiger partial charge in [-0.1, -0.05) is 6.92 Å². The monoisotopic (exact) mass is 558 g/mol. The summed E-state index contributed by atoms with van der Waals surface area (Å²) >= 11 is 0. The molecule has 1 aliphatic heterocycles. The number of piperazine rings is 1. The molecule has 214 valence electrons. The van der Waals surface area contributed by atoms with E-state index in [1.54, 1.807) is 13.1 Å². The number of nitrogens with two attached hydrogens (primary N) is 1. The van der Waals surface area contributed by atoms with Crippen LogP contribution in [0, 0.1) is 0 Å². The Hall–Kier alpha value is -3.93. The largest absolute Gasteiger partial charge is 0.478 e. The highest BCUT2D eigenvalue weighted by Crippen LogP contribution is 2.34. The van der Waals surface area contributed by atoms with E-state index in [1.807, 2.05) is 38.1 Å². The van der Waals surface area contributed by atoms with Crippen molar-refractivity contribution in [1.29, 1.82) is 0 Å². The van der Waals surface area contributed by atoms with E-state index in [4.69, 9.17) is 20.2 Å². The number of halogens is 3. The van der Waals surface area contributed by atoms with Crippen molar-refractivity contribution in [2.75, 3.05) is 37.7 Å². The fraction of sp³-hybridized carbons (Fsp3) is 0.429. The molecule has 12 heteroatoms. The van der Waals surface area contributed by atoms with Crippen LogP contribution in [0.4, 0.5) is 18.9 Å². The number of anilines is 1. The number of hydrogen-bond acceptors (Lipinski definition) is 8. The summed E-state index contributed by atoms with van der Waals surface area (Å²) in [6.45, 7) is 7.17. The Morgan fingerprint density at radius 3 is 2.50 bits per heavy atom. The maximum absolute atomic E-state index is 13.8. The summed E-state index contributed by atoms with van der Waals surface area (Å²) < 4.78 is 52.2. The molecule has 0 spiro atoms. The number of aromatic nitrogens is 3. The predicted octanol–water partition coefficient (Wildman–Crippen LogP) is 4.55. The van der Waals surface area contributed by atoms with Crippen LogP contribution in [-0.2, 0) is 12.7 Å². The fourth-order valence-electron chi connectivity index (χ4n) is 4.83. The number of nitrogens with zero attached hydrogens (tertiary/aromatic N) is 5. The molecule has 9 nitrogen and oxygen atoms in total. The number of pyridine rings is 3. The summed E-state index contributed by atoms with van der Waals surface area (Å²) in [4.78, 5) is 29.6. The molecule has 0 bridgehead atoms. The minimum absolute atomic E-state index is 0.155. The molecular formula is C28H33F3N6O3. The maximum Gasteiger partial charge on any atom is 0.434 e. The number of rotatable bonds is 9. The number of carbonyl (C=O) groups is 1. The number of carbonyl (C=O) groups excluding carboxylic acids is 1. The Bertz CT molecular complexity index is 1340. The van der Waals surface area contributed by atoms with Crippen LogP contribution in [0.2, 0.25) is 0 Å². The number of hydrogen-bond donors (Lipinski definition) is 1. The zero-order valence-corrected chi connectivity index (χ0v) is 22.7. The van der Waals surface area contributed by atoms with E-state index in [2.05, 4.69) is 14.9 Å². The molecule has 1 unspecified atom stereocenters. The standard InChI is InChI=1S/C28H33F3N6O3/c1-4-18-17-36(27(38)20-9-12-24(39-5-2)35-25(20)28(29,30)31)14-15-37(18)23-11-10-21(34-22(23)16-32)19-8-7-13-33-26(19)40-6-3/h7-13,18H,4-6,14-17,32H2,1-3H3. The van der Waals surface area contributed by atoms with Crippen molar-refractivity contribution in [2.24, 2.45) is 5.73 Å². The van der Waals surface area contributed by atoms with E-state index in [0.29, 0.717) is 36.8 Å². The fourth-order valence-corrected chi connectivity index (χ4v) is 4.83. The Balaban J connectivity index is 1.59. The van der Waals surface area contributed by atoms with Crippen LogP contribution in [-0.4, -0.2) is 64.6 Å². The van der Waals surface area contributed by atoms with Crippen molar-refractivity contribution >= 4 is 11.6 Å². The van der Waals surface area contributed by atoms with Crippen LogP contribution in [0.5, 0.6) is 11.8 Å². The van der Waals surface area contributed by atoms with Gasteiger partial charge < -0.3 is 25.0 Å². The molecule has 4 heterocycles. The third-order valence-corrected chi connectivity index (χ3v) is 6.68. The SMILES string of the molecule is CCOc1ccc(C(=O)N2CCN(c3ccc(-c4cccnc4OCC)nc3CN)C(CC)C2)c(C(F)(F)F)n1. The average Bonchev–Trinajstić information content (AvgIpc) is 2.96. The Morgan fingerprint density at radius 1 is 1.05 bits per heavy atom. The minimum Gasteiger partial charge on any atom is -0.478 e. The smallest absolute Gasteiger partial charge is 0.434 e. The second kappa shape index (κ2) is 12.5. The second-order valence-corrected chi connectivity index (χ2v) is 9.14. The van der Waals surface area contributed by atoms with Gasteiger partial charge in [-0.2, -0.15) is 13.2 Å². The first kappa shape index (κ1) is 29.1. The van der Waals surface area contributed by atoms with Gasteiger partial charge in [0, 0.05) is 44.5 Å². The van der Waals surface area contributed by atoms with E-state index in [9.17, 15) is 18.0 Å². The highest BCUT2D eigenvalue weighted by atomic mass is 19.4. The van der Waals surface area contributed by atoms with Crippen LogP contribution >= 0.6 is 0 Å². The Labute approximate surface area is 231 Å². The van der Waals surface area contributed by atoms with Crippen molar-refractivity contribution in [2.45, 2.75) is 46.0 Å². The molecule has 1 saturated heterocycles. The van der Waals surface area contributed by atoms with Gasteiger partial charge in [-0.15, -0.1) is 0 Å². The highest BCUT2D eigenvalue weighted by Gasteiger charge is 2.40. The van der Waals surface area contributed by atoms with Crippen LogP contribution < -0.4 is 20.1 Å². The van der Waals surface area contributed by atoms with Crippen molar-refractivity contribution in [3.05, 3.63) is 59.5 Å². The molecule has 0 saturated carbocycles. The normalized spacial score (nSPS) is 15.7. The lowest BCUT2D eigenvalue weighted by molar-refractivity contribution is -0.141. The van der Waals surface area contributed by atoms with E-state index < -0.39 is 23.3 Å². The van der Waals surface area contributed by atoms with Crippen LogP contribution in [0.25, 0.3) is 11.3 Å². The molecule has 1 aliphatic rings. The van der Waals surface area contributed by atoms with Crippen LogP contribution in [0.1, 0.15) is 48.9 Å². The summed E-state index contributed by atoms with van der Waals surface area (Å²) in [6, 6.07) is 9.77. The quantitative estimate of drug-likeness (QED) is 0.408. The zero-order chi connectivity index (χ0) is 28.9. The van der Waals surface area contributed by atoms with Crippen molar-refractivity contribution < 1.29 is 27.4 Å². The molecule has 0 aromatic carbocycles. The lowest BCUT2D eigenvalue weighted by atomic mass is 10.0. The molecule has 2 N–H and O–H groups in total. The van der Waals surface area contributed by atoms with Gasteiger partial charge in [0.2, 0.25) is 11.8 Å². The number of ether oxygens (including phenoxy) is 2. The molecule has 0 radical (unpaired) electrons. The van der Waals surface area contributed by atoms with Gasteiger partial charge in [-0.3, -0.25) is 4.79 Å². The lowest BCUT2D eigenvalue weighted by Crippen LogP contribution is -2.55. The van der Waals surface area contributed by atoms with Gasteiger partial charge in [0.05, 0.1) is 41.4 Å². The van der Waals surface area contributed by atoms with E-state index >= 15 is 0 Å². The third kappa shape index (κ3) is 6.11. The summed E-state index contributed by atoms with van der Waals surface area (Å²) in [5.74, 6) is -0.408. The second-order valence-electron chi connectivity index (χ2n) is 9.14. The maximum atomic E-state index is 13.8. The van der Waals surface area contributed by atoms with Crippen molar-refractivity contribution in [1.82, 2.24) is 19.9 Å². The van der Waals surface area contributed by atoms with Crippen LogP contribution in [0.15, 0.2) is 42.6 Å². The van der Waals surface area contributed by atoms with Gasteiger partial charge in [0.1, 0.15) is 0 Å². The topological polar surface area (TPSA) is 107 Å². The summed E-state index contributed by atoms with van der Waals surface area (Å²) in [7, 11) is 0. The highest BCUT2D eigenvalue weighted by molar-refractivity contribution is 5.95. The molecule has 3 aromatic heterocycles. The van der Waals surface area contributed by atoms with Crippen LogP contribution in [0.3, 0.4) is 0 Å². The van der Waals surface area contributed by atoms with Gasteiger partial charge in [0.15, 0.2) is 5.69 Å². The molecule has 1 fully saturated rings. The molecule has 1 amide bonds. The van der Waals surface area contributed by atoms with E-state index in [-0.39, 0.29) is 38.2 Å². The van der Waals surface area contributed by atoms with E-state index in [0.717, 1.165) is 17.3 Å². The summed E-state index contributed by atoms with van der Waals surface area (Å²) in [5.41, 5.74) is 7.28. The third-order valence-electron chi connectivity index (χ3n) is 6.68. The van der Waals surface area contributed by atoms with E-state index in [1.165, 1.54) is 11.0 Å². The minimum atomic E-state index is -4.80. The summed E-state index contributed by atoms with van der Waals surface area (Å²) in [5, 5.41) is 0. The zero-order valence-electron chi connectivity index (χ0n) is 22.7. The predicted molar refractivity (Wildman–Crippen MR) is 144 cm³/mol. The molecular weight excluding hydrogens is 525 g/mol. The molecule has 4 rings (SSSR count). The van der Waals surface area contributed by atoms with Gasteiger partial charge in [-0.05, 0) is 50.6 Å². The Morgan fingerprint density at radius 2 is 1.82 bits per heavy atom. The Kier molecular flexibility index (Phi) is 9.08. The first-order valence-electron chi connectivity index (χ1n) is 13.3. The van der Waals surface area contributed by atoms with Crippen molar-refractivity contribution in [3.8, 4) is 23.0 Å². The first-order chi connectivity index (χ1) is 19.2. The first-order valence-corrected chi connectivity index (χ1v) is 13.3. The summed E-state index contributed by atoms with van der Waals surface area (Å²) in [6.07, 6.45) is -2.50. The molecule has 1 atom stereocenters. The lowest BCUT2D eigenvalue weighted by Gasteiger charge is -2.43. The molecule has 40 heavy (non-hydrogen) atoms. The number of amides is 1. The molecule has 3 aromatic rings. The number of alkyl halides is 3. The van der Waals surface area contributed by atoms with Crippen molar-refractivity contribution in [3.63, 3.8) is 0 Å². The van der Waals surface area contributed by atoms with Gasteiger partial charge >= 0.3 is 6.18 Å². The van der Waals surface area contributed by atoms with Gasteiger partial charge in [0.25, 0.3) is 5.91 Å².